The van der Waals surface area contributed by atoms with E-state index >= 15 is 0 Å². The first-order chi connectivity index (χ1) is 7.89. The minimum absolute atomic E-state index is 0.159. The summed E-state index contributed by atoms with van der Waals surface area (Å²) in [7, 11) is 0. The summed E-state index contributed by atoms with van der Waals surface area (Å²) in [4.78, 5) is 4.62. The van der Waals surface area contributed by atoms with Gasteiger partial charge in [0.15, 0.2) is 0 Å². The highest BCUT2D eigenvalue weighted by Gasteiger charge is 2.17. The Bertz CT molecular complexity index is 359. The van der Waals surface area contributed by atoms with Crippen LogP contribution in [-0.4, -0.2) is 18.1 Å². The van der Waals surface area contributed by atoms with Gasteiger partial charge in [-0.1, -0.05) is 40.7 Å². The maximum Gasteiger partial charge on any atom is 0.0985 e. The Balaban J connectivity index is 2.41. The lowest BCUT2D eigenvalue weighted by Crippen LogP contribution is -2.19. The Kier molecular flexibility index (Phi) is 5.34. The summed E-state index contributed by atoms with van der Waals surface area (Å²) < 4.78 is 0. The lowest BCUT2D eigenvalue weighted by Gasteiger charge is -2.13. The normalized spacial score (nSPS) is 12.8. The molecule has 17 heavy (non-hydrogen) atoms. The van der Waals surface area contributed by atoms with Gasteiger partial charge in [0, 0.05) is 17.3 Å². The molecule has 0 radical (unpaired) electrons. The Morgan fingerprint density at radius 2 is 2.12 bits per heavy atom. The van der Waals surface area contributed by atoms with Gasteiger partial charge >= 0.3 is 0 Å². The third-order valence-corrected chi connectivity index (χ3v) is 3.55. The minimum Gasteiger partial charge on any atom is -0.313 e. The molecule has 0 aliphatic rings. The van der Waals surface area contributed by atoms with Gasteiger partial charge in [0.2, 0.25) is 0 Å². The zero-order chi connectivity index (χ0) is 12.9. The van der Waals surface area contributed by atoms with Crippen LogP contribution >= 0.6 is 11.3 Å². The number of thiazole rings is 1. The van der Waals surface area contributed by atoms with Gasteiger partial charge in [-0.15, -0.1) is 11.3 Å². The molecule has 0 amide bonds. The second-order valence-corrected chi connectivity index (χ2v) is 6.64. The van der Waals surface area contributed by atoms with Crippen molar-refractivity contribution in [1.82, 2.24) is 10.3 Å². The average Bonchev–Trinajstić information content (AvgIpc) is 2.64. The number of hydrogen-bond donors (Lipinski definition) is 1. The van der Waals surface area contributed by atoms with Gasteiger partial charge in [0.25, 0.3) is 0 Å². The molecule has 0 aromatic carbocycles. The molecule has 0 saturated carbocycles. The molecule has 0 spiro atoms. The number of hydrogen-bond acceptors (Lipinski definition) is 3. The van der Waals surface area contributed by atoms with Gasteiger partial charge < -0.3 is 5.32 Å². The predicted octanol–water partition coefficient (Wildman–Crippen LogP) is 3.70. The van der Waals surface area contributed by atoms with E-state index in [2.05, 4.69) is 62.5 Å². The average molecular weight is 252 g/mol. The lowest BCUT2D eigenvalue weighted by atomic mass is 9.98. The monoisotopic (exact) mass is 252 g/mol. The van der Waals surface area contributed by atoms with Gasteiger partial charge in [-0.05, 0) is 18.5 Å². The Labute approximate surface area is 109 Å². The molecule has 1 N–H and O–H groups in total. The maximum atomic E-state index is 4.62. The van der Waals surface area contributed by atoms with E-state index in [1.807, 2.05) is 0 Å². The van der Waals surface area contributed by atoms with Crippen molar-refractivity contribution in [2.24, 2.45) is 5.92 Å². The molecule has 1 aromatic heterocycles. The molecule has 0 aliphatic heterocycles. The largest absolute Gasteiger partial charge is 0.313 e. The molecule has 2 nitrogen and oxygen atoms in total. The summed E-state index contributed by atoms with van der Waals surface area (Å²) in [6.45, 7) is 13.0. The van der Waals surface area contributed by atoms with Crippen LogP contribution in [0.25, 0.3) is 6.08 Å². The molecule has 0 saturated heterocycles. The third-order valence-electron chi connectivity index (χ3n) is 2.27. The van der Waals surface area contributed by atoms with Crippen molar-refractivity contribution < 1.29 is 0 Å². The van der Waals surface area contributed by atoms with Crippen molar-refractivity contribution in [2.45, 2.75) is 40.0 Å². The van der Waals surface area contributed by atoms with Crippen molar-refractivity contribution in [2.75, 3.05) is 13.1 Å². The molecular weight excluding hydrogens is 228 g/mol. The molecule has 0 bridgehead atoms. The zero-order valence-corrected chi connectivity index (χ0v) is 12.4. The number of nitrogens with one attached hydrogen (secondary N) is 1. The fraction of sp³-hybridized carbons (Fsp3) is 0.643. The predicted molar refractivity (Wildman–Crippen MR) is 77.6 cm³/mol. The number of aromatic nitrogens is 1. The van der Waals surface area contributed by atoms with Crippen LogP contribution < -0.4 is 5.32 Å². The Hall–Kier alpha value is -0.670. The van der Waals surface area contributed by atoms with Crippen molar-refractivity contribution >= 4 is 17.4 Å². The van der Waals surface area contributed by atoms with Crippen LogP contribution in [0.5, 0.6) is 0 Å². The summed E-state index contributed by atoms with van der Waals surface area (Å²) in [5, 5.41) is 6.71. The summed E-state index contributed by atoms with van der Waals surface area (Å²) in [6, 6.07) is 0. The highest BCUT2D eigenvalue weighted by atomic mass is 32.1. The second-order valence-electron chi connectivity index (χ2n) is 5.78. The van der Waals surface area contributed by atoms with E-state index in [-0.39, 0.29) is 5.41 Å². The highest BCUT2D eigenvalue weighted by molar-refractivity contribution is 7.09. The van der Waals surface area contributed by atoms with Crippen LogP contribution in [-0.2, 0) is 5.41 Å². The van der Waals surface area contributed by atoms with Crippen LogP contribution in [0.3, 0.4) is 0 Å². The lowest BCUT2D eigenvalue weighted by molar-refractivity contribution is 0.577. The van der Waals surface area contributed by atoms with Crippen molar-refractivity contribution in [3.8, 4) is 0 Å². The van der Waals surface area contributed by atoms with E-state index in [4.69, 9.17) is 0 Å². The molecule has 0 fully saturated rings. The summed E-state index contributed by atoms with van der Waals surface area (Å²) in [5.41, 5.74) is 1.23. The fourth-order valence-corrected chi connectivity index (χ4v) is 2.22. The molecule has 96 valence electrons. The maximum absolute atomic E-state index is 4.62. The standard InChI is InChI=1S/C14H24N2S/c1-11(2)9-15-8-6-7-12-10-17-13(16-12)14(3,4)5/h6-7,10-11,15H,8-9H2,1-5H3/b7-6+. The van der Waals surface area contributed by atoms with Gasteiger partial charge in [-0.2, -0.15) is 0 Å². The SMILES string of the molecule is CC(C)CNC/C=C/c1csc(C(C)(C)C)n1. The van der Waals surface area contributed by atoms with E-state index in [1.54, 1.807) is 11.3 Å². The summed E-state index contributed by atoms with van der Waals surface area (Å²) >= 11 is 1.74. The van der Waals surface area contributed by atoms with E-state index in [1.165, 1.54) is 5.01 Å². The molecule has 0 atom stereocenters. The molecule has 1 heterocycles. The van der Waals surface area contributed by atoms with Crippen molar-refractivity contribution in [3.63, 3.8) is 0 Å². The second kappa shape index (κ2) is 6.31. The Morgan fingerprint density at radius 3 is 2.65 bits per heavy atom. The molecule has 0 unspecified atom stereocenters. The fourth-order valence-electron chi connectivity index (χ4n) is 1.34. The van der Waals surface area contributed by atoms with Crippen molar-refractivity contribution in [3.05, 3.63) is 22.2 Å². The Morgan fingerprint density at radius 1 is 1.41 bits per heavy atom. The number of rotatable bonds is 5. The summed E-state index contributed by atoms with van der Waals surface area (Å²) in [6.07, 6.45) is 4.24. The van der Waals surface area contributed by atoms with E-state index in [0.29, 0.717) is 5.92 Å². The van der Waals surface area contributed by atoms with E-state index in [0.717, 1.165) is 18.8 Å². The van der Waals surface area contributed by atoms with Crippen LogP contribution in [0.1, 0.15) is 45.3 Å². The van der Waals surface area contributed by atoms with Gasteiger partial charge in [-0.3, -0.25) is 0 Å². The van der Waals surface area contributed by atoms with Crippen LogP contribution in [0.4, 0.5) is 0 Å². The van der Waals surface area contributed by atoms with Crippen LogP contribution in [0, 0.1) is 5.92 Å². The van der Waals surface area contributed by atoms with Crippen LogP contribution in [0.15, 0.2) is 11.5 Å². The first-order valence-electron chi connectivity index (χ1n) is 6.23. The molecular formula is C14H24N2S. The van der Waals surface area contributed by atoms with Crippen LogP contribution in [0.2, 0.25) is 0 Å². The van der Waals surface area contributed by atoms with Gasteiger partial charge in [-0.25, -0.2) is 4.98 Å². The summed E-state index contributed by atoms with van der Waals surface area (Å²) in [5.74, 6) is 0.704. The first kappa shape index (κ1) is 14.4. The first-order valence-corrected chi connectivity index (χ1v) is 7.11. The van der Waals surface area contributed by atoms with E-state index < -0.39 is 0 Å². The van der Waals surface area contributed by atoms with Gasteiger partial charge in [0.1, 0.15) is 0 Å². The number of nitrogens with zero attached hydrogens (tertiary/aromatic N) is 1. The van der Waals surface area contributed by atoms with E-state index in [9.17, 15) is 0 Å². The topological polar surface area (TPSA) is 24.9 Å². The highest BCUT2D eigenvalue weighted by Crippen LogP contribution is 2.25. The minimum atomic E-state index is 0.159. The smallest absolute Gasteiger partial charge is 0.0985 e. The van der Waals surface area contributed by atoms with Crippen molar-refractivity contribution in [1.29, 1.82) is 0 Å². The molecule has 0 aliphatic carbocycles. The molecule has 3 heteroatoms. The zero-order valence-electron chi connectivity index (χ0n) is 11.6. The molecule has 1 aromatic rings. The quantitative estimate of drug-likeness (QED) is 0.808. The third kappa shape index (κ3) is 5.46. The van der Waals surface area contributed by atoms with Gasteiger partial charge in [0.05, 0.1) is 10.7 Å². The molecule has 1 rings (SSSR count).